The van der Waals surface area contributed by atoms with Gasteiger partial charge in [-0.2, -0.15) is 0 Å². The van der Waals surface area contributed by atoms with E-state index in [9.17, 15) is 19.5 Å². The number of hydrogen-bond donors (Lipinski definition) is 1. The Morgan fingerprint density at radius 1 is 0.370 bits per heavy atom. The second-order valence-electron chi connectivity index (χ2n) is 23.0. The molecule has 2 unspecified atom stereocenters. The van der Waals surface area contributed by atoms with Gasteiger partial charge in [-0.15, -0.1) is 0 Å². The molecule has 0 fully saturated rings. The highest BCUT2D eigenvalue weighted by atomic mass is 16.7. The first-order valence-corrected chi connectivity index (χ1v) is 33.1. The number of quaternary nitrogens is 1. The fourth-order valence-corrected chi connectivity index (χ4v) is 9.03. The molecular weight excluding hydrogens is 1010 g/mol. The number of carbonyl (C=O) groups is 3. The lowest BCUT2D eigenvalue weighted by Crippen LogP contribution is -2.40. The van der Waals surface area contributed by atoms with E-state index >= 15 is 0 Å². The third kappa shape index (κ3) is 63.4. The standard InChI is InChI=1S/C72H123NO8/c1-6-8-10-12-14-16-18-20-22-23-24-25-26-27-28-29-30-31-32-33-34-35-36-37-38-39-40-41-42-43-44-45-46-47-49-51-53-55-57-59-61-63-70(75)81-68(67-80-72(71(76)77)78-65-64-73(3,4)5)66-79-69(74)62-60-58-56-54-52-50-48-21-19-17-15-13-11-9-7-2/h8-11,14-17,20-22,24-25,27-28,30-31,48,68,72H,6-7,12-13,18-19,23,26,29,32-47,49-67H2,1-5H3/p+1/b10-8-,11-9-,16-14-,17-15-,22-20-,25-24-,28-27-,31-30-,48-21-. The maximum atomic E-state index is 12.9. The van der Waals surface area contributed by atoms with Gasteiger partial charge in [-0.25, -0.2) is 4.79 Å². The van der Waals surface area contributed by atoms with Crippen molar-refractivity contribution in [2.45, 2.75) is 283 Å². The van der Waals surface area contributed by atoms with Crippen molar-refractivity contribution >= 4 is 17.9 Å². The van der Waals surface area contributed by atoms with Crippen LogP contribution in [0, 0.1) is 0 Å². The number of likely N-dealkylation sites (N-methyl/N-ethyl adjacent to an activating group) is 1. The molecule has 2 atom stereocenters. The number of carboxylic acids is 1. The SMILES string of the molecule is CC/C=C\C/C=C\C/C=C\C/C=C\C/C=C\C/C=C\CCCCCCCCCCCCCCCCCCCCCCCCC(=O)OC(COC(=O)CCCCCCC/C=C\C/C=C\C/C=C\CC)COC(OCC[N+](C)(C)C)C(=O)O. The van der Waals surface area contributed by atoms with E-state index < -0.39 is 24.3 Å². The Bertz CT molecular complexity index is 1700. The summed E-state index contributed by atoms with van der Waals surface area (Å²) in [4.78, 5) is 37.4. The molecule has 0 radical (unpaired) electrons. The lowest BCUT2D eigenvalue weighted by molar-refractivity contribution is -0.870. The normalized spacial score (nSPS) is 13.4. The van der Waals surface area contributed by atoms with Gasteiger partial charge >= 0.3 is 17.9 Å². The van der Waals surface area contributed by atoms with Crippen LogP contribution in [0.25, 0.3) is 0 Å². The van der Waals surface area contributed by atoms with Crippen molar-refractivity contribution in [3.8, 4) is 0 Å². The average molecular weight is 1130 g/mol. The molecule has 0 heterocycles. The summed E-state index contributed by atoms with van der Waals surface area (Å²) in [5.41, 5.74) is 0. The number of nitrogens with zero attached hydrogens (tertiary/aromatic N) is 1. The van der Waals surface area contributed by atoms with E-state index in [1.807, 2.05) is 21.1 Å². The Morgan fingerprint density at radius 3 is 0.988 bits per heavy atom. The van der Waals surface area contributed by atoms with E-state index in [4.69, 9.17) is 18.9 Å². The van der Waals surface area contributed by atoms with Crippen LogP contribution < -0.4 is 0 Å². The van der Waals surface area contributed by atoms with Crippen LogP contribution in [0.15, 0.2) is 109 Å². The Hall–Kier alpha value is -4.05. The van der Waals surface area contributed by atoms with Gasteiger partial charge in [0.05, 0.1) is 34.4 Å². The van der Waals surface area contributed by atoms with E-state index in [0.717, 1.165) is 116 Å². The van der Waals surface area contributed by atoms with Gasteiger partial charge in [0.25, 0.3) is 6.29 Å². The van der Waals surface area contributed by atoms with Gasteiger partial charge in [-0.05, 0) is 96.3 Å². The quantitative estimate of drug-likeness (QED) is 0.0211. The summed E-state index contributed by atoms with van der Waals surface area (Å²) in [6.07, 6.45) is 83.6. The van der Waals surface area contributed by atoms with E-state index in [-0.39, 0.29) is 38.6 Å². The number of unbranched alkanes of at least 4 members (excludes halogenated alkanes) is 27. The molecule has 9 nitrogen and oxygen atoms in total. The smallest absolute Gasteiger partial charge is 0.361 e. The molecular formula is C72H124NO8+. The Morgan fingerprint density at radius 2 is 0.667 bits per heavy atom. The lowest BCUT2D eigenvalue weighted by Gasteiger charge is -2.25. The molecule has 0 aliphatic carbocycles. The molecule has 0 bridgehead atoms. The molecule has 0 aliphatic rings. The molecule has 0 saturated heterocycles. The van der Waals surface area contributed by atoms with Crippen LogP contribution in [0.1, 0.15) is 271 Å². The number of ether oxygens (including phenoxy) is 4. The fraction of sp³-hybridized carbons (Fsp3) is 0.708. The minimum atomic E-state index is -1.52. The number of hydrogen-bond acceptors (Lipinski definition) is 7. The van der Waals surface area contributed by atoms with Crippen LogP contribution in [-0.4, -0.2) is 87.4 Å². The molecule has 0 aromatic carbocycles. The second-order valence-corrected chi connectivity index (χ2v) is 23.0. The zero-order valence-corrected chi connectivity index (χ0v) is 52.9. The van der Waals surface area contributed by atoms with Crippen molar-refractivity contribution in [2.75, 3.05) is 47.5 Å². The topological polar surface area (TPSA) is 108 Å². The van der Waals surface area contributed by atoms with Gasteiger partial charge in [-0.3, -0.25) is 9.59 Å². The first-order chi connectivity index (χ1) is 39.6. The van der Waals surface area contributed by atoms with Gasteiger partial charge in [0.15, 0.2) is 6.10 Å². The van der Waals surface area contributed by atoms with E-state index in [1.54, 1.807) is 0 Å². The summed E-state index contributed by atoms with van der Waals surface area (Å²) in [6, 6.07) is 0. The molecule has 464 valence electrons. The highest BCUT2D eigenvalue weighted by molar-refractivity contribution is 5.71. The summed E-state index contributed by atoms with van der Waals surface area (Å²) >= 11 is 0. The van der Waals surface area contributed by atoms with Crippen molar-refractivity contribution < 1.29 is 42.9 Å². The highest BCUT2D eigenvalue weighted by Gasteiger charge is 2.25. The maximum Gasteiger partial charge on any atom is 0.361 e. The summed E-state index contributed by atoms with van der Waals surface area (Å²) < 4.78 is 22.9. The molecule has 0 amide bonds. The molecule has 0 spiro atoms. The molecule has 0 saturated carbocycles. The third-order valence-corrected chi connectivity index (χ3v) is 14.0. The van der Waals surface area contributed by atoms with E-state index in [0.29, 0.717) is 11.0 Å². The summed E-state index contributed by atoms with van der Waals surface area (Å²) in [5, 5.41) is 9.71. The number of carbonyl (C=O) groups excluding carboxylic acids is 2. The van der Waals surface area contributed by atoms with E-state index in [2.05, 4.69) is 123 Å². The highest BCUT2D eigenvalue weighted by Crippen LogP contribution is 2.17. The van der Waals surface area contributed by atoms with Gasteiger partial charge in [0.1, 0.15) is 13.2 Å². The van der Waals surface area contributed by atoms with Crippen molar-refractivity contribution in [1.29, 1.82) is 0 Å². The molecule has 0 aliphatic heterocycles. The summed E-state index contributed by atoms with van der Waals surface area (Å²) in [7, 11) is 5.96. The fourth-order valence-electron chi connectivity index (χ4n) is 9.03. The van der Waals surface area contributed by atoms with Crippen LogP contribution in [0.5, 0.6) is 0 Å². The van der Waals surface area contributed by atoms with Crippen molar-refractivity contribution in [1.82, 2.24) is 0 Å². The number of esters is 2. The number of carboxylic acid groups (broad SMARTS) is 1. The molecule has 0 rings (SSSR count). The van der Waals surface area contributed by atoms with Gasteiger partial charge < -0.3 is 28.5 Å². The summed E-state index contributed by atoms with van der Waals surface area (Å²) in [6.45, 7) is 4.64. The Labute approximate surface area is 498 Å². The number of rotatable bonds is 60. The predicted octanol–water partition coefficient (Wildman–Crippen LogP) is 20.2. The predicted molar refractivity (Wildman–Crippen MR) is 345 cm³/mol. The van der Waals surface area contributed by atoms with Gasteiger partial charge in [0.2, 0.25) is 0 Å². The molecule has 81 heavy (non-hydrogen) atoms. The monoisotopic (exact) mass is 1130 g/mol. The minimum Gasteiger partial charge on any atom is -0.477 e. The van der Waals surface area contributed by atoms with Crippen LogP contribution in [0.2, 0.25) is 0 Å². The summed E-state index contributed by atoms with van der Waals surface area (Å²) in [5.74, 6) is -2.02. The zero-order valence-electron chi connectivity index (χ0n) is 52.9. The van der Waals surface area contributed by atoms with Crippen molar-refractivity contribution in [2.24, 2.45) is 0 Å². The van der Waals surface area contributed by atoms with E-state index in [1.165, 1.54) is 128 Å². The van der Waals surface area contributed by atoms with Gasteiger partial charge in [0, 0.05) is 12.8 Å². The minimum absolute atomic E-state index is 0.182. The van der Waals surface area contributed by atoms with Gasteiger partial charge in [-0.1, -0.05) is 271 Å². The third-order valence-electron chi connectivity index (χ3n) is 14.0. The molecule has 1 N–H and O–H groups in total. The molecule has 0 aromatic rings. The van der Waals surface area contributed by atoms with Crippen molar-refractivity contribution in [3.63, 3.8) is 0 Å². The zero-order chi connectivity index (χ0) is 59.1. The molecule has 0 aromatic heterocycles. The molecule has 9 heteroatoms. The Balaban J connectivity index is 3.98. The lowest BCUT2D eigenvalue weighted by atomic mass is 10.0. The Kier molecular flexibility index (Phi) is 58.9. The van der Waals surface area contributed by atoms with Crippen LogP contribution in [0.3, 0.4) is 0 Å². The largest absolute Gasteiger partial charge is 0.477 e. The average Bonchev–Trinajstić information content (AvgIpc) is 3.44. The van der Waals surface area contributed by atoms with Crippen LogP contribution in [-0.2, 0) is 33.3 Å². The van der Waals surface area contributed by atoms with Crippen LogP contribution >= 0.6 is 0 Å². The first-order valence-electron chi connectivity index (χ1n) is 33.1. The number of aliphatic carboxylic acids is 1. The van der Waals surface area contributed by atoms with Crippen molar-refractivity contribution in [3.05, 3.63) is 109 Å². The maximum absolute atomic E-state index is 12.9. The van der Waals surface area contributed by atoms with Crippen LogP contribution in [0.4, 0.5) is 0 Å². The second kappa shape index (κ2) is 62.0. The first kappa shape index (κ1) is 77.0. The number of allylic oxidation sites excluding steroid dienone is 18.